The van der Waals surface area contributed by atoms with E-state index in [1.54, 1.807) is 24.5 Å². The van der Waals surface area contributed by atoms with Gasteiger partial charge in [-0.15, -0.1) is 11.3 Å². The second-order valence-electron chi connectivity index (χ2n) is 4.64. The standard InChI is InChI=1S/C14H18ClN3OS/c1-10(7-11-5-4-6-20-11)18(2)14-8-12(15)16-13(17-14)9-19-3/h4-6,8,10H,7,9H2,1-3H3. The Morgan fingerprint density at radius 1 is 1.45 bits per heavy atom. The highest BCUT2D eigenvalue weighted by Crippen LogP contribution is 2.20. The van der Waals surface area contributed by atoms with Gasteiger partial charge >= 0.3 is 0 Å². The number of aromatic nitrogens is 2. The van der Waals surface area contributed by atoms with Gasteiger partial charge in [0.1, 0.15) is 17.6 Å². The molecule has 0 saturated carbocycles. The summed E-state index contributed by atoms with van der Waals surface area (Å²) in [4.78, 5) is 12.1. The summed E-state index contributed by atoms with van der Waals surface area (Å²) >= 11 is 7.82. The van der Waals surface area contributed by atoms with Gasteiger partial charge in [-0.25, -0.2) is 9.97 Å². The Bertz CT molecular complexity index is 547. The van der Waals surface area contributed by atoms with E-state index in [1.807, 2.05) is 7.05 Å². The number of likely N-dealkylation sites (N-methyl/N-ethyl adjacent to an activating group) is 1. The molecular weight excluding hydrogens is 294 g/mol. The fourth-order valence-electron chi connectivity index (χ4n) is 1.91. The summed E-state index contributed by atoms with van der Waals surface area (Å²) in [6.07, 6.45) is 0.982. The van der Waals surface area contributed by atoms with Crippen molar-refractivity contribution < 1.29 is 4.74 Å². The number of halogens is 1. The first-order valence-electron chi connectivity index (χ1n) is 6.37. The number of nitrogens with zero attached hydrogens (tertiary/aromatic N) is 3. The van der Waals surface area contributed by atoms with Crippen LogP contribution >= 0.6 is 22.9 Å². The van der Waals surface area contributed by atoms with E-state index in [4.69, 9.17) is 16.3 Å². The van der Waals surface area contributed by atoms with Crippen LogP contribution in [0.3, 0.4) is 0 Å². The minimum Gasteiger partial charge on any atom is -0.377 e. The minimum absolute atomic E-state index is 0.329. The SMILES string of the molecule is COCc1nc(Cl)cc(N(C)C(C)Cc2cccs2)n1. The molecule has 1 atom stereocenters. The zero-order valence-electron chi connectivity index (χ0n) is 11.8. The van der Waals surface area contributed by atoms with Gasteiger partial charge in [0.15, 0.2) is 5.82 Å². The summed E-state index contributed by atoms with van der Waals surface area (Å²) in [6.45, 7) is 2.53. The second-order valence-corrected chi connectivity index (χ2v) is 6.06. The van der Waals surface area contributed by atoms with Crippen molar-refractivity contribution in [3.63, 3.8) is 0 Å². The van der Waals surface area contributed by atoms with Crippen LogP contribution in [0.1, 0.15) is 17.6 Å². The number of hydrogen-bond donors (Lipinski definition) is 0. The van der Waals surface area contributed by atoms with Crippen LogP contribution in [0.2, 0.25) is 5.15 Å². The first-order valence-corrected chi connectivity index (χ1v) is 7.63. The van der Waals surface area contributed by atoms with Crippen LogP contribution in [0.15, 0.2) is 23.6 Å². The lowest BCUT2D eigenvalue weighted by Gasteiger charge is -2.26. The van der Waals surface area contributed by atoms with E-state index < -0.39 is 0 Å². The van der Waals surface area contributed by atoms with Gasteiger partial charge in [0.2, 0.25) is 0 Å². The molecule has 0 saturated heterocycles. The quantitative estimate of drug-likeness (QED) is 0.766. The van der Waals surface area contributed by atoms with Gasteiger partial charge in [0, 0.05) is 37.6 Å². The molecule has 0 radical (unpaired) electrons. The molecule has 2 heterocycles. The fourth-order valence-corrected chi connectivity index (χ4v) is 2.93. The maximum Gasteiger partial charge on any atom is 0.158 e. The van der Waals surface area contributed by atoms with Gasteiger partial charge in [-0.3, -0.25) is 0 Å². The number of hydrogen-bond acceptors (Lipinski definition) is 5. The van der Waals surface area contributed by atoms with E-state index in [2.05, 4.69) is 39.3 Å². The lowest BCUT2D eigenvalue weighted by molar-refractivity contribution is 0.178. The van der Waals surface area contributed by atoms with E-state index in [9.17, 15) is 0 Å². The molecule has 0 N–H and O–H groups in total. The van der Waals surface area contributed by atoms with Crippen molar-refractivity contribution >= 4 is 28.8 Å². The zero-order valence-corrected chi connectivity index (χ0v) is 13.4. The van der Waals surface area contributed by atoms with Crippen molar-refractivity contribution in [1.82, 2.24) is 9.97 Å². The van der Waals surface area contributed by atoms with E-state index in [0.29, 0.717) is 23.6 Å². The molecule has 0 aliphatic rings. The average Bonchev–Trinajstić information content (AvgIpc) is 2.90. The molecule has 108 valence electrons. The van der Waals surface area contributed by atoms with Gasteiger partial charge in [-0.05, 0) is 18.4 Å². The maximum absolute atomic E-state index is 6.05. The molecule has 2 rings (SSSR count). The molecule has 4 nitrogen and oxygen atoms in total. The third kappa shape index (κ3) is 3.91. The van der Waals surface area contributed by atoms with Crippen molar-refractivity contribution in [2.45, 2.75) is 26.0 Å². The maximum atomic E-state index is 6.05. The third-order valence-electron chi connectivity index (χ3n) is 3.10. The first-order chi connectivity index (χ1) is 9.60. The van der Waals surface area contributed by atoms with Crippen molar-refractivity contribution in [1.29, 1.82) is 0 Å². The number of anilines is 1. The number of ether oxygens (including phenoxy) is 1. The van der Waals surface area contributed by atoms with Crippen molar-refractivity contribution in [3.8, 4) is 0 Å². The van der Waals surface area contributed by atoms with Crippen molar-refractivity contribution in [2.24, 2.45) is 0 Å². The number of rotatable bonds is 6. The predicted molar refractivity (Wildman–Crippen MR) is 83.6 cm³/mol. The molecule has 2 aromatic rings. The summed E-state index contributed by atoms with van der Waals surface area (Å²) < 4.78 is 5.06. The summed E-state index contributed by atoms with van der Waals surface area (Å²) in [6, 6.07) is 6.34. The average molecular weight is 312 g/mol. The number of thiophene rings is 1. The summed E-state index contributed by atoms with van der Waals surface area (Å²) in [7, 11) is 3.64. The normalized spacial score (nSPS) is 12.4. The van der Waals surface area contributed by atoms with Gasteiger partial charge < -0.3 is 9.64 Å². The smallest absolute Gasteiger partial charge is 0.158 e. The molecule has 2 aromatic heterocycles. The Balaban J connectivity index is 2.13. The molecule has 0 aliphatic heterocycles. The Morgan fingerprint density at radius 2 is 2.25 bits per heavy atom. The van der Waals surface area contributed by atoms with Gasteiger partial charge in [0.25, 0.3) is 0 Å². The van der Waals surface area contributed by atoms with Crippen LogP contribution in [-0.4, -0.2) is 30.2 Å². The van der Waals surface area contributed by atoms with Crippen LogP contribution in [0, 0.1) is 0 Å². The predicted octanol–water partition coefficient (Wildman–Crippen LogP) is 3.41. The second kappa shape index (κ2) is 7.02. The fraction of sp³-hybridized carbons (Fsp3) is 0.429. The van der Waals surface area contributed by atoms with Crippen LogP contribution in [0.25, 0.3) is 0 Å². The Labute approximate surface area is 128 Å². The Morgan fingerprint density at radius 3 is 2.90 bits per heavy atom. The van der Waals surface area contributed by atoms with Crippen LogP contribution in [0.4, 0.5) is 5.82 Å². The molecule has 6 heteroatoms. The first kappa shape index (κ1) is 15.2. The van der Waals surface area contributed by atoms with Crippen LogP contribution in [0.5, 0.6) is 0 Å². The molecular formula is C14H18ClN3OS. The molecule has 20 heavy (non-hydrogen) atoms. The molecule has 0 bridgehead atoms. The summed E-state index contributed by atoms with van der Waals surface area (Å²) in [5.74, 6) is 1.42. The molecule has 0 aromatic carbocycles. The highest BCUT2D eigenvalue weighted by molar-refractivity contribution is 7.09. The Hall–Kier alpha value is -1.17. The van der Waals surface area contributed by atoms with E-state index in [-0.39, 0.29) is 0 Å². The molecule has 0 fully saturated rings. The van der Waals surface area contributed by atoms with E-state index in [1.165, 1.54) is 4.88 Å². The van der Waals surface area contributed by atoms with E-state index >= 15 is 0 Å². The summed E-state index contributed by atoms with van der Waals surface area (Å²) in [5, 5.41) is 2.54. The van der Waals surface area contributed by atoms with Gasteiger partial charge in [0.05, 0.1) is 0 Å². The molecule has 0 spiro atoms. The minimum atomic E-state index is 0.329. The number of methoxy groups -OCH3 is 1. The van der Waals surface area contributed by atoms with Gasteiger partial charge in [-0.1, -0.05) is 17.7 Å². The molecule has 0 amide bonds. The van der Waals surface area contributed by atoms with E-state index in [0.717, 1.165) is 12.2 Å². The van der Waals surface area contributed by atoms with Crippen molar-refractivity contribution in [3.05, 3.63) is 39.4 Å². The highest BCUT2D eigenvalue weighted by atomic mass is 35.5. The Kier molecular flexibility index (Phi) is 5.34. The van der Waals surface area contributed by atoms with Crippen LogP contribution in [-0.2, 0) is 17.8 Å². The monoisotopic (exact) mass is 311 g/mol. The zero-order chi connectivity index (χ0) is 14.5. The molecule has 0 aliphatic carbocycles. The molecule has 1 unspecified atom stereocenters. The lowest BCUT2D eigenvalue weighted by atomic mass is 10.2. The topological polar surface area (TPSA) is 38.2 Å². The van der Waals surface area contributed by atoms with Crippen molar-refractivity contribution in [2.75, 3.05) is 19.1 Å². The lowest BCUT2D eigenvalue weighted by Crippen LogP contribution is -2.31. The summed E-state index contributed by atoms with van der Waals surface area (Å²) in [5.41, 5.74) is 0. The highest BCUT2D eigenvalue weighted by Gasteiger charge is 2.14. The largest absolute Gasteiger partial charge is 0.377 e. The third-order valence-corrected chi connectivity index (χ3v) is 4.19. The van der Waals surface area contributed by atoms with Crippen LogP contribution < -0.4 is 4.90 Å². The van der Waals surface area contributed by atoms with Gasteiger partial charge in [-0.2, -0.15) is 0 Å².